The van der Waals surface area contributed by atoms with Gasteiger partial charge in [0.2, 0.25) is 0 Å². The van der Waals surface area contributed by atoms with Crippen molar-refractivity contribution in [1.82, 2.24) is 9.88 Å². The van der Waals surface area contributed by atoms with Crippen LogP contribution in [-0.2, 0) is 6.54 Å². The highest BCUT2D eigenvalue weighted by atomic mass is 32.2. The first-order chi connectivity index (χ1) is 12.3. The predicted molar refractivity (Wildman–Crippen MR) is 104 cm³/mol. The van der Waals surface area contributed by atoms with E-state index in [2.05, 4.69) is 11.6 Å². The first-order valence-electron chi connectivity index (χ1n) is 7.88. The van der Waals surface area contributed by atoms with E-state index in [1.165, 1.54) is 0 Å². The number of carbonyl (C=O) groups is 1. The van der Waals surface area contributed by atoms with E-state index in [9.17, 15) is 4.79 Å². The highest BCUT2D eigenvalue weighted by Crippen LogP contribution is 2.26. The third-order valence-corrected chi connectivity index (χ3v) is 5.34. The molecule has 0 atom stereocenters. The number of carbonyl (C=O) groups excluding carboxylic acids is 1. The fourth-order valence-electron chi connectivity index (χ4n) is 2.34. The second-order valence-corrected chi connectivity index (χ2v) is 7.47. The zero-order chi connectivity index (χ0) is 17.5. The Kier molecular flexibility index (Phi) is 6.04. The summed E-state index contributed by atoms with van der Waals surface area (Å²) in [6.45, 7) is 4.90. The van der Waals surface area contributed by atoms with Crippen LogP contribution in [-0.4, -0.2) is 22.3 Å². The van der Waals surface area contributed by atoms with Crippen LogP contribution in [0.25, 0.3) is 0 Å². The van der Waals surface area contributed by atoms with Crippen LogP contribution in [0, 0.1) is 0 Å². The summed E-state index contributed by atoms with van der Waals surface area (Å²) in [7, 11) is 0. The van der Waals surface area contributed by atoms with Gasteiger partial charge in [0.15, 0.2) is 0 Å². The summed E-state index contributed by atoms with van der Waals surface area (Å²) in [6, 6.07) is 17.5. The number of thiophene rings is 1. The second-order valence-electron chi connectivity index (χ2n) is 5.35. The lowest BCUT2D eigenvalue weighted by molar-refractivity contribution is 0.0764. The van der Waals surface area contributed by atoms with Gasteiger partial charge in [0, 0.05) is 28.1 Å². The average molecular weight is 367 g/mol. The van der Waals surface area contributed by atoms with Crippen molar-refractivity contribution in [2.24, 2.45) is 0 Å². The highest BCUT2D eigenvalue weighted by Gasteiger charge is 2.15. The molecular weight excluding hydrogens is 348 g/mol. The summed E-state index contributed by atoms with van der Waals surface area (Å²) in [4.78, 5) is 21.1. The number of amides is 1. The maximum atomic E-state index is 12.8. The minimum Gasteiger partial charge on any atom is -0.330 e. The Morgan fingerprint density at radius 1 is 1.16 bits per heavy atom. The lowest BCUT2D eigenvalue weighted by Crippen LogP contribution is -2.30. The van der Waals surface area contributed by atoms with Crippen molar-refractivity contribution in [1.29, 1.82) is 0 Å². The average Bonchev–Trinajstić information content (AvgIpc) is 3.15. The minimum absolute atomic E-state index is 0.0164. The SMILES string of the molecule is C=CCN(Cc1cccs1)C(=O)c1ccc(Sc2ccccn2)cc1. The van der Waals surface area contributed by atoms with Crippen LogP contribution >= 0.6 is 23.1 Å². The molecule has 3 rings (SSSR count). The van der Waals surface area contributed by atoms with Crippen LogP contribution in [0.5, 0.6) is 0 Å². The molecule has 3 aromatic rings. The lowest BCUT2D eigenvalue weighted by Gasteiger charge is -2.20. The molecule has 0 saturated carbocycles. The van der Waals surface area contributed by atoms with Crippen LogP contribution in [0.3, 0.4) is 0 Å². The summed E-state index contributed by atoms with van der Waals surface area (Å²) in [5, 5.41) is 2.96. The zero-order valence-electron chi connectivity index (χ0n) is 13.7. The van der Waals surface area contributed by atoms with Crippen molar-refractivity contribution in [3.63, 3.8) is 0 Å². The van der Waals surface area contributed by atoms with Gasteiger partial charge >= 0.3 is 0 Å². The zero-order valence-corrected chi connectivity index (χ0v) is 15.3. The molecule has 126 valence electrons. The Hall–Kier alpha value is -2.37. The molecule has 5 heteroatoms. The molecule has 0 aliphatic rings. The highest BCUT2D eigenvalue weighted by molar-refractivity contribution is 7.99. The van der Waals surface area contributed by atoms with E-state index in [0.717, 1.165) is 14.8 Å². The van der Waals surface area contributed by atoms with Crippen molar-refractivity contribution in [2.45, 2.75) is 16.5 Å². The van der Waals surface area contributed by atoms with E-state index >= 15 is 0 Å². The monoisotopic (exact) mass is 366 g/mol. The predicted octanol–water partition coefficient (Wildman–Crippen LogP) is 5.12. The molecular formula is C20H18N2OS2. The molecule has 0 aliphatic carbocycles. The van der Waals surface area contributed by atoms with Crippen LogP contribution in [0.15, 0.2) is 88.8 Å². The van der Waals surface area contributed by atoms with Crippen molar-refractivity contribution >= 4 is 29.0 Å². The van der Waals surface area contributed by atoms with E-state index in [0.29, 0.717) is 18.7 Å². The summed E-state index contributed by atoms with van der Waals surface area (Å²) in [5.41, 5.74) is 0.684. The molecule has 0 aliphatic heterocycles. The third kappa shape index (κ3) is 4.81. The quantitative estimate of drug-likeness (QED) is 0.544. The molecule has 0 spiro atoms. The molecule has 2 aromatic heterocycles. The molecule has 25 heavy (non-hydrogen) atoms. The fraction of sp³-hybridized carbons (Fsp3) is 0.100. The van der Waals surface area contributed by atoms with E-state index < -0.39 is 0 Å². The number of hydrogen-bond acceptors (Lipinski definition) is 4. The molecule has 0 bridgehead atoms. The molecule has 3 nitrogen and oxygen atoms in total. The van der Waals surface area contributed by atoms with Crippen LogP contribution < -0.4 is 0 Å². The molecule has 0 unspecified atom stereocenters. The van der Waals surface area contributed by atoms with E-state index in [1.807, 2.05) is 60.0 Å². The van der Waals surface area contributed by atoms with Gasteiger partial charge in [-0.05, 0) is 47.8 Å². The van der Waals surface area contributed by atoms with Crippen molar-refractivity contribution < 1.29 is 4.79 Å². The van der Waals surface area contributed by atoms with Gasteiger partial charge in [0.1, 0.15) is 5.03 Å². The van der Waals surface area contributed by atoms with Gasteiger partial charge in [0.05, 0.1) is 6.54 Å². The van der Waals surface area contributed by atoms with Gasteiger partial charge in [-0.3, -0.25) is 4.79 Å². The summed E-state index contributed by atoms with van der Waals surface area (Å²) < 4.78 is 0. The van der Waals surface area contributed by atoms with E-state index in [1.54, 1.807) is 40.3 Å². The van der Waals surface area contributed by atoms with Crippen molar-refractivity contribution in [3.8, 4) is 0 Å². The van der Waals surface area contributed by atoms with Gasteiger partial charge in [-0.25, -0.2) is 4.98 Å². The number of rotatable bonds is 7. The van der Waals surface area contributed by atoms with Crippen molar-refractivity contribution in [2.75, 3.05) is 6.54 Å². The molecule has 2 heterocycles. The summed E-state index contributed by atoms with van der Waals surface area (Å²) in [6.07, 6.45) is 3.54. The first-order valence-corrected chi connectivity index (χ1v) is 9.57. The second kappa shape index (κ2) is 8.65. The molecule has 0 fully saturated rings. The Morgan fingerprint density at radius 3 is 2.64 bits per heavy atom. The summed E-state index contributed by atoms with van der Waals surface area (Å²) in [5.74, 6) is 0.0164. The molecule has 1 aromatic carbocycles. The standard InChI is InChI=1S/C20H18N2OS2/c1-2-13-22(15-18-6-5-14-24-18)20(23)16-8-10-17(11-9-16)25-19-7-3-4-12-21-19/h2-12,14H,1,13,15H2. The maximum absolute atomic E-state index is 12.8. The maximum Gasteiger partial charge on any atom is 0.254 e. The smallest absolute Gasteiger partial charge is 0.254 e. The minimum atomic E-state index is 0.0164. The largest absolute Gasteiger partial charge is 0.330 e. The van der Waals surface area contributed by atoms with Gasteiger partial charge in [-0.1, -0.05) is 30.0 Å². The van der Waals surface area contributed by atoms with Gasteiger partial charge in [0.25, 0.3) is 5.91 Å². The van der Waals surface area contributed by atoms with E-state index in [-0.39, 0.29) is 5.91 Å². The van der Waals surface area contributed by atoms with Gasteiger partial charge in [-0.15, -0.1) is 17.9 Å². The fourth-order valence-corrected chi connectivity index (χ4v) is 3.84. The molecule has 0 saturated heterocycles. The van der Waals surface area contributed by atoms with Gasteiger partial charge < -0.3 is 4.90 Å². The topological polar surface area (TPSA) is 33.2 Å². The number of pyridine rings is 1. The molecule has 0 N–H and O–H groups in total. The Balaban J connectivity index is 1.70. The number of nitrogens with zero attached hydrogens (tertiary/aromatic N) is 2. The van der Waals surface area contributed by atoms with Crippen molar-refractivity contribution in [3.05, 3.63) is 89.3 Å². The normalized spacial score (nSPS) is 10.4. The third-order valence-electron chi connectivity index (χ3n) is 3.52. The lowest BCUT2D eigenvalue weighted by atomic mass is 10.2. The van der Waals surface area contributed by atoms with Crippen LogP contribution in [0.2, 0.25) is 0 Å². The summed E-state index contributed by atoms with van der Waals surface area (Å²) >= 11 is 3.23. The first kappa shape index (κ1) is 17.5. The van der Waals surface area contributed by atoms with Crippen LogP contribution in [0.4, 0.5) is 0 Å². The molecule has 1 amide bonds. The number of aromatic nitrogens is 1. The van der Waals surface area contributed by atoms with Crippen LogP contribution in [0.1, 0.15) is 15.2 Å². The Morgan fingerprint density at radius 2 is 2.00 bits per heavy atom. The number of hydrogen-bond donors (Lipinski definition) is 0. The number of benzene rings is 1. The van der Waals surface area contributed by atoms with Gasteiger partial charge in [-0.2, -0.15) is 0 Å². The Labute approximate surface area is 156 Å². The Bertz CT molecular complexity index is 815. The van der Waals surface area contributed by atoms with E-state index in [4.69, 9.17) is 0 Å². The molecule has 0 radical (unpaired) electrons.